The lowest BCUT2D eigenvalue weighted by molar-refractivity contribution is 0.415. The zero-order valence-electron chi connectivity index (χ0n) is 11.9. The number of aromatic nitrogens is 2. The topological polar surface area (TPSA) is 47.0 Å². The van der Waals surface area contributed by atoms with Gasteiger partial charge >= 0.3 is 0 Å². The van der Waals surface area contributed by atoms with E-state index >= 15 is 0 Å². The summed E-state index contributed by atoms with van der Waals surface area (Å²) in [5, 5.41) is 3.36. The van der Waals surface area contributed by atoms with Crippen LogP contribution >= 0.6 is 0 Å². The average Bonchev–Trinajstić information content (AvgIpc) is 2.96. The second kappa shape index (κ2) is 5.49. The van der Waals surface area contributed by atoms with Gasteiger partial charge < -0.3 is 10.1 Å². The van der Waals surface area contributed by atoms with E-state index in [0.717, 1.165) is 42.3 Å². The van der Waals surface area contributed by atoms with Crippen LogP contribution in [0.2, 0.25) is 0 Å². The van der Waals surface area contributed by atoms with E-state index in [9.17, 15) is 0 Å². The van der Waals surface area contributed by atoms with Gasteiger partial charge in [-0.2, -0.15) is 0 Å². The van der Waals surface area contributed by atoms with Crippen LogP contribution in [0, 0.1) is 0 Å². The van der Waals surface area contributed by atoms with Crippen molar-refractivity contribution in [3.63, 3.8) is 0 Å². The predicted molar refractivity (Wildman–Crippen MR) is 80.2 cm³/mol. The first-order valence-electron chi connectivity index (χ1n) is 7.10. The number of methoxy groups -OCH3 is 1. The van der Waals surface area contributed by atoms with Gasteiger partial charge in [-0.15, -0.1) is 0 Å². The van der Waals surface area contributed by atoms with Crippen molar-refractivity contribution in [3.05, 3.63) is 35.5 Å². The SMILES string of the molecule is CCNc1nc(-c2cccc(OC)c2)nc2c1CCC2. The molecule has 1 N–H and O–H groups in total. The Morgan fingerprint density at radius 1 is 1.25 bits per heavy atom. The van der Waals surface area contributed by atoms with E-state index < -0.39 is 0 Å². The van der Waals surface area contributed by atoms with Crippen molar-refractivity contribution in [1.29, 1.82) is 0 Å². The number of fused-ring (bicyclic) bond motifs is 1. The van der Waals surface area contributed by atoms with E-state index in [1.54, 1.807) is 7.11 Å². The number of benzene rings is 1. The first-order chi connectivity index (χ1) is 9.81. The van der Waals surface area contributed by atoms with Gasteiger partial charge in [0.15, 0.2) is 5.82 Å². The van der Waals surface area contributed by atoms with Crippen LogP contribution in [0.3, 0.4) is 0 Å². The maximum Gasteiger partial charge on any atom is 0.161 e. The standard InChI is InChI=1S/C16H19N3O/c1-3-17-16-13-8-5-9-14(13)18-15(19-16)11-6-4-7-12(10-11)20-2/h4,6-7,10H,3,5,8-9H2,1-2H3,(H,17,18,19). The molecular formula is C16H19N3O. The lowest BCUT2D eigenvalue weighted by atomic mass is 10.1. The lowest BCUT2D eigenvalue weighted by Crippen LogP contribution is -2.06. The molecule has 4 nitrogen and oxygen atoms in total. The summed E-state index contributed by atoms with van der Waals surface area (Å²) in [6.07, 6.45) is 3.30. The Labute approximate surface area is 119 Å². The minimum absolute atomic E-state index is 0.778. The molecule has 0 radical (unpaired) electrons. The molecule has 0 saturated carbocycles. The number of anilines is 1. The van der Waals surface area contributed by atoms with Crippen LogP contribution in [0.1, 0.15) is 24.6 Å². The highest BCUT2D eigenvalue weighted by Crippen LogP contribution is 2.30. The molecule has 2 aromatic rings. The summed E-state index contributed by atoms with van der Waals surface area (Å²) in [4.78, 5) is 9.44. The fourth-order valence-electron chi connectivity index (χ4n) is 2.64. The quantitative estimate of drug-likeness (QED) is 0.926. The number of hydrogen-bond acceptors (Lipinski definition) is 4. The van der Waals surface area contributed by atoms with E-state index in [1.165, 1.54) is 17.7 Å². The first kappa shape index (κ1) is 12.9. The Kier molecular flexibility index (Phi) is 3.54. The van der Waals surface area contributed by atoms with Crippen molar-refractivity contribution in [1.82, 2.24) is 9.97 Å². The molecule has 0 fully saturated rings. The van der Waals surface area contributed by atoms with Crippen molar-refractivity contribution in [2.24, 2.45) is 0 Å². The summed E-state index contributed by atoms with van der Waals surface area (Å²) >= 11 is 0. The van der Waals surface area contributed by atoms with Crippen molar-refractivity contribution in [2.45, 2.75) is 26.2 Å². The molecule has 0 aliphatic heterocycles. The number of ether oxygens (including phenoxy) is 1. The molecule has 0 atom stereocenters. The molecule has 20 heavy (non-hydrogen) atoms. The number of hydrogen-bond donors (Lipinski definition) is 1. The summed E-state index contributed by atoms with van der Waals surface area (Å²) in [7, 11) is 1.67. The van der Waals surface area contributed by atoms with Crippen molar-refractivity contribution in [2.75, 3.05) is 19.0 Å². The highest BCUT2D eigenvalue weighted by atomic mass is 16.5. The minimum atomic E-state index is 0.778. The third kappa shape index (κ3) is 2.33. The fourth-order valence-corrected chi connectivity index (χ4v) is 2.64. The second-order valence-electron chi connectivity index (χ2n) is 4.94. The van der Waals surface area contributed by atoms with Crippen LogP contribution in [-0.4, -0.2) is 23.6 Å². The Bertz CT molecular complexity index is 625. The van der Waals surface area contributed by atoms with Gasteiger partial charge in [0.1, 0.15) is 11.6 Å². The van der Waals surface area contributed by atoms with Crippen LogP contribution < -0.4 is 10.1 Å². The van der Waals surface area contributed by atoms with Gasteiger partial charge in [0, 0.05) is 23.4 Å². The highest BCUT2D eigenvalue weighted by Gasteiger charge is 2.19. The highest BCUT2D eigenvalue weighted by molar-refractivity contribution is 5.62. The molecule has 3 rings (SSSR count). The third-order valence-corrected chi connectivity index (χ3v) is 3.61. The Morgan fingerprint density at radius 3 is 2.95 bits per heavy atom. The van der Waals surface area contributed by atoms with E-state index in [0.29, 0.717) is 0 Å². The Balaban J connectivity index is 2.07. The molecule has 4 heteroatoms. The lowest BCUT2D eigenvalue weighted by Gasteiger charge is -2.11. The zero-order chi connectivity index (χ0) is 13.9. The number of nitrogens with zero attached hydrogens (tertiary/aromatic N) is 2. The third-order valence-electron chi connectivity index (χ3n) is 3.61. The molecule has 1 heterocycles. The van der Waals surface area contributed by atoms with E-state index in [4.69, 9.17) is 14.7 Å². The van der Waals surface area contributed by atoms with Gasteiger partial charge in [-0.25, -0.2) is 9.97 Å². The van der Waals surface area contributed by atoms with Gasteiger partial charge in [0.25, 0.3) is 0 Å². The van der Waals surface area contributed by atoms with Crippen LogP contribution in [0.15, 0.2) is 24.3 Å². The molecule has 1 aromatic carbocycles. The molecule has 104 valence electrons. The fraction of sp³-hybridized carbons (Fsp3) is 0.375. The summed E-state index contributed by atoms with van der Waals surface area (Å²) < 4.78 is 5.28. The van der Waals surface area contributed by atoms with Gasteiger partial charge in [0.2, 0.25) is 0 Å². The van der Waals surface area contributed by atoms with E-state index in [2.05, 4.69) is 12.2 Å². The van der Waals surface area contributed by atoms with Crippen molar-refractivity contribution < 1.29 is 4.74 Å². The maximum atomic E-state index is 5.28. The Morgan fingerprint density at radius 2 is 2.15 bits per heavy atom. The van der Waals surface area contributed by atoms with Gasteiger partial charge in [-0.3, -0.25) is 0 Å². The molecule has 1 aromatic heterocycles. The Hall–Kier alpha value is -2.10. The van der Waals surface area contributed by atoms with Gasteiger partial charge in [0.05, 0.1) is 7.11 Å². The summed E-state index contributed by atoms with van der Waals surface area (Å²) in [5.74, 6) is 2.60. The van der Waals surface area contributed by atoms with Gasteiger partial charge in [-0.1, -0.05) is 12.1 Å². The first-order valence-corrected chi connectivity index (χ1v) is 7.10. The van der Waals surface area contributed by atoms with Crippen molar-refractivity contribution >= 4 is 5.82 Å². The number of rotatable bonds is 4. The number of aryl methyl sites for hydroxylation is 1. The molecular weight excluding hydrogens is 250 g/mol. The van der Waals surface area contributed by atoms with Crippen LogP contribution in [0.25, 0.3) is 11.4 Å². The summed E-state index contributed by atoms with van der Waals surface area (Å²) in [6.45, 7) is 2.97. The van der Waals surface area contributed by atoms with Crippen LogP contribution in [-0.2, 0) is 12.8 Å². The molecule has 0 amide bonds. The molecule has 0 spiro atoms. The van der Waals surface area contributed by atoms with Crippen LogP contribution in [0.4, 0.5) is 5.82 Å². The average molecular weight is 269 g/mol. The molecule has 0 saturated heterocycles. The smallest absolute Gasteiger partial charge is 0.161 e. The zero-order valence-corrected chi connectivity index (χ0v) is 11.9. The molecule has 0 unspecified atom stereocenters. The largest absolute Gasteiger partial charge is 0.497 e. The van der Waals surface area contributed by atoms with Crippen molar-refractivity contribution in [3.8, 4) is 17.1 Å². The minimum Gasteiger partial charge on any atom is -0.497 e. The maximum absolute atomic E-state index is 5.28. The summed E-state index contributed by atoms with van der Waals surface area (Å²) in [6, 6.07) is 7.90. The predicted octanol–water partition coefficient (Wildman–Crippen LogP) is 3.07. The van der Waals surface area contributed by atoms with E-state index in [1.807, 2.05) is 24.3 Å². The molecule has 1 aliphatic rings. The number of nitrogens with one attached hydrogen (secondary N) is 1. The monoisotopic (exact) mass is 269 g/mol. The second-order valence-corrected chi connectivity index (χ2v) is 4.94. The molecule has 1 aliphatic carbocycles. The van der Waals surface area contributed by atoms with Gasteiger partial charge in [-0.05, 0) is 38.3 Å². The summed E-state index contributed by atoms with van der Waals surface area (Å²) in [5.41, 5.74) is 3.48. The molecule has 0 bridgehead atoms. The normalized spacial score (nSPS) is 13.1. The van der Waals surface area contributed by atoms with Crippen LogP contribution in [0.5, 0.6) is 5.75 Å². The van der Waals surface area contributed by atoms with E-state index in [-0.39, 0.29) is 0 Å².